The van der Waals surface area contributed by atoms with Crippen LogP contribution >= 0.6 is 11.6 Å². The molecule has 0 radical (unpaired) electrons. The highest BCUT2D eigenvalue weighted by Crippen LogP contribution is 2.45. The molecule has 3 rings (SSSR count). The molecule has 4 nitrogen and oxygen atoms in total. The van der Waals surface area contributed by atoms with Crippen LogP contribution in [0.25, 0.3) is 0 Å². The molecule has 0 aromatic heterocycles. The lowest BCUT2D eigenvalue weighted by Gasteiger charge is -2.17. The molecule has 0 aliphatic carbocycles. The van der Waals surface area contributed by atoms with Gasteiger partial charge in [-0.05, 0) is 22.8 Å². The Labute approximate surface area is 163 Å². The SMILES string of the molecule is N#CCc1cc(OCc2ccccc2)c(OCc2ccccc2)c(O)c1Cl. The third kappa shape index (κ3) is 4.72. The number of hydrogen-bond donors (Lipinski definition) is 1. The Morgan fingerprint density at radius 2 is 1.44 bits per heavy atom. The molecule has 0 amide bonds. The zero-order valence-corrected chi connectivity index (χ0v) is 15.3. The van der Waals surface area contributed by atoms with Crippen molar-refractivity contribution in [3.8, 4) is 23.3 Å². The summed E-state index contributed by atoms with van der Waals surface area (Å²) in [5.41, 5.74) is 2.41. The van der Waals surface area contributed by atoms with Gasteiger partial charge in [-0.1, -0.05) is 72.3 Å². The third-order valence-electron chi connectivity index (χ3n) is 3.97. The van der Waals surface area contributed by atoms with Crippen LogP contribution in [-0.2, 0) is 19.6 Å². The first-order valence-electron chi connectivity index (χ1n) is 8.43. The van der Waals surface area contributed by atoms with Crippen LogP contribution in [-0.4, -0.2) is 5.11 Å². The van der Waals surface area contributed by atoms with Crippen LogP contribution < -0.4 is 9.47 Å². The predicted molar refractivity (Wildman–Crippen MR) is 104 cm³/mol. The standard InChI is InChI=1S/C22H18ClNO3/c23-20-18(11-12-24)13-19(26-14-16-7-3-1-4-8-16)22(21(20)25)27-15-17-9-5-2-6-10-17/h1-10,13,25H,11,14-15H2. The normalized spacial score (nSPS) is 10.2. The van der Waals surface area contributed by atoms with E-state index >= 15 is 0 Å². The fourth-order valence-electron chi connectivity index (χ4n) is 2.58. The summed E-state index contributed by atoms with van der Waals surface area (Å²) in [7, 11) is 0. The van der Waals surface area contributed by atoms with Crippen molar-refractivity contribution in [3.63, 3.8) is 0 Å². The topological polar surface area (TPSA) is 62.5 Å². The van der Waals surface area contributed by atoms with E-state index in [2.05, 4.69) is 0 Å². The molecular weight excluding hydrogens is 362 g/mol. The average molecular weight is 380 g/mol. The quantitative estimate of drug-likeness (QED) is 0.607. The largest absolute Gasteiger partial charge is 0.503 e. The van der Waals surface area contributed by atoms with E-state index in [-0.39, 0.29) is 29.5 Å². The van der Waals surface area contributed by atoms with E-state index in [1.54, 1.807) is 6.07 Å². The molecule has 3 aromatic carbocycles. The third-order valence-corrected chi connectivity index (χ3v) is 4.39. The summed E-state index contributed by atoms with van der Waals surface area (Å²) < 4.78 is 11.7. The van der Waals surface area contributed by atoms with E-state index in [1.165, 1.54) is 0 Å². The van der Waals surface area contributed by atoms with Crippen molar-refractivity contribution in [1.82, 2.24) is 0 Å². The van der Waals surface area contributed by atoms with Gasteiger partial charge in [0.1, 0.15) is 13.2 Å². The van der Waals surface area contributed by atoms with Gasteiger partial charge in [-0.15, -0.1) is 0 Å². The molecule has 1 N–H and O–H groups in total. The summed E-state index contributed by atoms with van der Waals surface area (Å²) in [6.45, 7) is 0.555. The maximum absolute atomic E-state index is 10.5. The van der Waals surface area contributed by atoms with Gasteiger partial charge in [-0.3, -0.25) is 0 Å². The van der Waals surface area contributed by atoms with E-state index in [4.69, 9.17) is 26.3 Å². The van der Waals surface area contributed by atoms with E-state index in [1.807, 2.05) is 66.7 Å². The van der Waals surface area contributed by atoms with Crippen LogP contribution in [0, 0.1) is 11.3 Å². The highest BCUT2D eigenvalue weighted by molar-refractivity contribution is 6.33. The molecule has 136 valence electrons. The maximum atomic E-state index is 10.5. The summed E-state index contributed by atoms with van der Waals surface area (Å²) in [6.07, 6.45) is 0.0626. The zero-order valence-electron chi connectivity index (χ0n) is 14.6. The summed E-state index contributed by atoms with van der Waals surface area (Å²) in [5, 5.41) is 19.6. The van der Waals surface area contributed by atoms with Crippen molar-refractivity contribution < 1.29 is 14.6 Å². The second-order valence-corrected chi connectivity index (χ2v) is 6.29. The van der Waals surface area contributed by atoms with Crippen LogP contribution in [0.1, 0.15) is 16.7 Å². The molecule has 0 spiro atoms. The number of aromatic hydroxyl groups is 1. The second kappa shape index (κ2) is 8.98. The average Bonchev–Trinajstić information content (AvgIpc) is 2.71. The Morgan fingerprint density at radius 1 is 0.889 bits per heavy atom. The van der Waals surface area contributed by atoms with Gasteiger partial charge >= 0.3 is 0 Å². The van der Waals surface area contributed by atoms with Gasteiger partial charge in [0, 0.05) is 0 Å². The van der Waals surface area contributed by atoms with Crippen LogP contribution in [0.15, 0.2) is 66.7 Å². The molecule has 0 unspecified atom stereocenters. The van der Waals surface area contributed by atoms with Crippen molar-refractivity contribution in [1.29, 1.82) is 5.26 Å². The van der Waals surface area contributed by atoms with Gasteiger partial charge in [-0.2, -0.15) is 5.26 Å². The molecule has 0 atom stereocenters. The second-order valence-electron chi connectivity index (χ2n) is 5.91. The van der Waals surface area contributed by atoms with Crippen molar-refractivity contribution in [2.24, 2.45) is 0 Å². The van der Waals surface area contributed by atoms with Crippen molar-refractivity contribution >= 4 is 11.6 Å². The number of phenols is 1. The number of phenolic OH excluding ortho intramolecular Hbond substituents is 1. The molecule has 3 aromatic rings. The molecule has 27 heavy (non-hydrogen) atoms. The highest BCUT2D eigenvalue weighted by atomic mass is 35.5. The Hall–Kier alpha value is -3.16. The monoisotopic (exact) mass is 379 g/mol. The highest BCUT2D eigenvalue weighted by Gasteiger charge is 2.19. The molecule has 0 heterocycles. The van der Waals surface area contributed by atoms with E-state index < -0.39 is 0 Å². The van der Waals surface area contributed by atoms with Crippen molar-refractivity contribution in [3.05, 3.63) is 88.4 Å². The van der Waals surface area contributed by atoms with Crippen molar-refractivity contribution in [2.45, 2.75) is 19.6 Å². The Morgan fingerprint density at radius 3 is 2.00 bits per heavy atom. The fourth-order valence-corrected chi connectivity index (χ4v) is 2.79. The smallest absolute Gasteiger partial charge is 0.205 e. The number of hydrogen-bond acceptors (Lipinski definition) is 4. The Bertz CT molecular complexity index is 937. The minimum absolute atomic E-state index is 0.0626. The predicted octanol–water partition coefficient (Wildman–Crippen LogP) is 5.27. The minimum Gasteiger partial charge on any atom is -0.503 e. The molecule has 0 aliphatic heterocycles. The molecular formula is C22H18ClNO3. The molecule has 0 fully saturated rings. The van der Waals surface area contributed by atoms with Gasteiger partial charge in [0.15, 0.2) is 11.5 Å². The van der Waals surface area contributed by atoms with Crippen molar-refractivity contribution in [2.75, 3.05) is 0 Å². The lowest BCUT2D eigenvalue weighted by molar-refractivity contribution is 0.245. The lowest BCUT2D eigenvalue weighted by Crippen LogP contribution is -2.02. The van der Waals surface area contributed by atoms with Crippen LogP contribution in [0.2, 0.25) is 5.02 Å². The molecule has 0 bridgehead atoms. The summed E-state index contributed by atoms with van der Waals surface area (Å²) in [4.78, 5) is 0. The fraction of sp³-hybridized carbons (Fsp3) is 0.136. The molecule has 0 aliphatic rings. The number of ether oxygens (including phenoxy) is 2. The Balaban J connectivity index is 1.88. The molecule has 5 heteroatoms. The van der Waals surface area contributed by atoms with Gasteiger partial charge in [0.05, 0.1) is 17.5 Å². The number of halogens is 1. The summed E-state index contributed by atoms with van der Waals surface area (Å²) in [5.74, 6) is 0.298. The maximum Gasteiger partial charge on any atom is 0.205 e. The molecule has 0 saturated carbocycles. The van der Waals surface area contributed by atoms with Crippen LogP contribution in [0.3, 0.4) is 0 Å². The Kier molecular flexibility index (Phi) is 6.19. The number of rotatable bonds is 7. The number of benzene rings is 3. The number of nitriles is 1. The van der Waals surface area contributed by atoms with E-state index in [9.17, 15) is 5.11 Å². The first kappa shape index (κ1) is 18.6. The van der Waals surface area contributed by atoms with Crippen LogP contribution in [0.4, 0.5) is 0 Å². The van der Waals surface area contributed by atoms with E-state index in [0.29, 0.717) is 17.9 Å². The minimum atomic E-state index is -0.219. The van der Waals surface area contributed by atoms with Gasteiger partial charge < -0.3 is 14.6 Å². The first-order valence-corrected chi connectivity index (χ1v) is 8.81. The summed E-state index contributed by atoms with van der Waals surface area (Å²) in [6, 6.07) is 22.9. The molecule has 0 saturated heterocycles. The summed E-state index contributed by atoms with van der Waals surface area (Å²) >= 11 is 6.21. The van der Waals surface area contributed by atoms with Crippen LogP contribution in [0.5, 0.6) is 17.2 Å². The van der Waals surface area contributed by atoms with E-state index in [0.717, 1.165) is 11.1 Å². The van der Waals surface area contributed by atoms with Gasteiger partial charge in [0.25, 0.3) is 0 Å². The number of nitrogens with zero attached hydrogens (tertiary/aromatic N) is 1. The zero-order chi connectivity index (χ0) is 19.1. The first-order chi connectivity index (χ1) is 13.2. The van der Waals surface area contributed by atoms with Gasteiger partial charge in [-0.25, -0.2) is 0 Å². The lowest BCUT2D eigenvalue weighted by atomic mass is 10.1. The van der Waals surface area contributed by atoms with Gasteiger partial charge in [0.2, 0.25) is 5.75 Å².